The van der Waals surface area contributed by atoms with Crippen LogP contribution in [0, 0.1) is 12.3 Å². The molecule has 0 bridgehead atoms. The molecule has 23 heavy (non-hydrogen) atoms. The molecular weight excluding hydrogens is 290 g/mol. The molecule has 0 amide bonds. The van der Waals surface area contributed by atoms with Crippen LogP contribution in [0.4, 0.5) is 0 Å². The molecule has 1 heterocycles. The molecule has 0 fully saturated rings. The molecule has 1 rings (SSSR count). The van der Waals surface area contributed by atoms with Gasteiger partial charge >= 0.3 is 0 Å². The van der Waals surface area contributed by atoms with E-state index in [0.29, 0.717) is 18.1 Å². The molecule has 6 nitrogen and oxygen atoms in total. The Morgan fingerprint density at radius 3 is 2.61 bits per heavy atom. The lowest BCUT2D eigenvalue weighted by Gasteiger charge is -2.23. The van der Waals surface area contributed by atoms with E-state index in [-0.39, 0.29) is 5.41 Å². The van der Waals surface area contributed by atoms with Gasteiger partial charge in [-0.25, -0.2) is 0 Å². The monoisotopic (exact) mass is 323 g/mol. The highest BCUT2D eigenvalue weighted by atomic mass is 16.5. The second kappa shape index (κ2) is 10.2. The van der Waals surface area contributed by atoms with E-state index in [9.17, 15) is 0 Å². The summed E-state index contributed by atoms with van der Waals surface area (Å²) in [6, 6.07) is 0. The zero-order chi connectivity index (χ0) is 17.1. The highest BCUT2D eigenvalue weighted by molar-refractivity contribution is 5.79. The molecule has 0 aliphatic rings. The topological polar surface area (TPSA) is 75.3 Å². The second-order valence-electron chi connectivity index (χ2n) is 6.73. The van der Waals surface area contributed by atoms with Crippen LogP contribution in [0.2, 0.25) is 0 Å². The van der Waals surface area contributed by atoms with Crippen molar-refractivity contribution in [2.75, 3.05) is 19.6 Å². The number of nitrogens with zero attached hydrogens (tertiary/aromatic N) is 3. The van der Waals surface area contributed by atoms with E-state index < -0.39 is 0 Å². The Bertz CT molecular complexity index is 467. The Labute approximate surface area is 140 Å². The third-order valence-electron chi connectivity index (χ3n) is 3.67. The van der Waals surface area contributed by atoms with E-state index in [4.69, 9.17) is 9.52 Å². The van der Waals surface area contributed by atoms with Gasteiger partial charge < -0.3 is 15.2 Å². The van der Waals surface area contributed by atoms with Gasteiger partial charge in [-0.2, -0.15) is 4.98 Å². The third-order valence-corrected chi connectivity index (χ3v) is 3.67. The molecule has 0 aliphatic carbocycles. The number of hydrogen-bond acceptors (Lipinski definition) is 4. The van der Waals surface area contributed by atoms with Crippen molar-refractivity contribution < 1.29 is 4.52 Å². The average Bonchev–Trinajstić information content (AvgIpc) is 2.90. The van der Waals surface area contributed by atoms with E-state index >= 15 is 0 Å². The molecule has 0 spiro atoms. The number of guanidine groups is 1. The summed E-state index contributed by atoms with van der Waals surface area (Å²) in [5, 5.41) is 10.4. The van der Waals surface area contributed by atoms with Crippen LogP contribution < -0.4 is 10.6 Å². The maximum atomic E-state index is 5.11. The predicted octanol–water partition coefficient (Wildman–Crippen LogP) is 3.08. The summed E-state index contributed by atoms with van der Waals surface area (Å²) in [7, 11) is 0. The first-order valence-corrected chi connectivity index (χ1v) is 8.78. The summed E-state index contributed by atoms with van der Waals surface area (Å²) in [4.78, 5) is 8.93. The highest BCUT2D eigenvalue weighted by Gasteiger charge is 2.17. The molecule has 132 valence electrons. The van der Waals surface area contributed by atoms with Gasteiger partial charge in [0.15, 0.2) is 11.8 Å². The van der Waals surface area contributed by atoms with Crippen molar-refractivity contribution >= 4 is 5.96 Å². The lowest BCUT2D eigenvalue weighted by Crippen LogP contribution is -2.39. The smallest absolute Gasteiger partial charge is 0.228 e. The zero-order valence-corrected chi connectivity index (χ0v) is 15.4. The summed E-state index contributed by atoms with van der Waals surface area (Å²) in [5.41, 5.74) is 0.237. The van der Waals surface area contributed by atoms with E-state index in [0.717, 1.165) is 25.6 Å². The number of rotatable bonds is 10. The molecule has 2 N–H and O–H groups in total. The minimum atomic E-state index is 0.237. The summed E-state index contributed by atoms with van der Waals surface area (Å²) < 4.78 is 5.11. The predicted molar refractivity (Wildman–Crippen MR) is 94.6 cm³/mol. The number of aliphatic imine (C=N–C) groups is 1. The number of hydrogen-bond donors (Lipinski definition) is 2. The van der Waals surface area contributed by atoms with Crippen LogP contribution >= 0.6 is 0 Å². The standard InChI is InChI=1S/C17H33N5O/c1-6-8-9-11-17(4,5)13-20-16(18-7-2)19-12-10-15-21-14(3)22-23-15/h6-13H2,1-5H3,(H2,18,19,20). The molecule has 1 aromatic rings. The molecule has 1 aromatic heterocycles. The molecule has 0 aromatic carbocycles. The molecule has 0 aliphatic heterocycles. The van der Waals surface area contributed by atoms with Crippen LogP contribution in [0.1, 0.15) is 65.1 Å². The second-order valence-corrected chi connectivity index (χ2v) is 6.73. The largest absolute Gasteiger partial charge is 0.357 e. The molecule has 0 saturated carbocycles. The van der Waals surface area contributed by atoms with Crippen molar-refractivity contribution in [1.82, 2.24) is 20.8 Å². The van der Waals surface area contributed by atoms with Gasteiger partial charge in [-0.3, -0.25) is 4.99 Å². The molecule has 0 radical (unpaired) electrons. The first-order chi connectivity index (χ1) is 11.0. The van der Waals surface area contributed by atoms with Crippen LogP contribution in [-0.4, -0.2) is 35.7 Å². The van der Waals surface area contributed by atoms with E-state index in [2.05, 4.69) is 48.5 Å². The van der Waals surface area contributed by atoms with Crippen molar-refractivity contribution in [3.63, 3.8) is 0 Å². The Balaban J connectivity index is 2.42. The molecule has 0 unspecified atom stereocenters. The fraction of sp³-hybridized carbons (Fsp3) is 0.824. The summed E-state index contributed by atoms with van der Waals surface area (Å²) in [5.74, 6) is 2.19. The van der Waals surface area contributed by atoms with Gasteiger partial charge in [-0.15, -0.1) is 0 Å². The van der Waals surface area contributed by atoms with Gasteiger partial charge in [-0.1, -0.05) is 45.2 Å². The quantitative estimate of drug-likeness (QED) is 0.393. The van der Waals surface area contributed by atoms with Crippen LogP contribution in [0.25, 0.3) is 0 Å². The zero-order valence-electron chi connectivity index (χ0n) is 15.4. The van der Waals surface area contributed by atoms with Gasteiger partial charge in [0.05, 0.1) is 0 Å². The maximum Gasteiger partial charge on any atom is 0.228 e. The third kappa shape index (κ3) is 8.57. The lowest BCUT2D eigenvalue weighted by molar-refractivity contribution is 0.332. The fourth-order valence-electron chi connectivity index (χ4n) is 2.30. The highest BCUT2D eigenvalue weighted by Crippen LogP contribution is 2.23. The Morgan fingerprint density at radius 1 is 1.22 bits per heavy atom. The van der Waals surface area contributed by atoms with Crippen LogP contribution in [0.3, 0.4) is 0 Å². The van der Waals surface area contributed by atoms with Crippen LogP contribution in [-0.2, 0) is 6.42 Å². The summed E-state index contributed by atoms with van der Waals surface area (Å²) in [6.45, 7) is 13.1. The minimum absolute atomic E-state index is 0.237. The minimum Gasteiger partial charge on any atom is -0.357 e. The number of unbranched alkanes of at least 4 members (excludes halogenated alkanes) is 2. The van der Waals surface area contributed by atoms with Gasteiger partial charge in [0.1, 0.15) is 0 Å². The first kappa shape index (κ1) is 19.5. The maximum absolute atomic E-state index is 5.11. The number of aromatic nitrogens is 2. The number of nitrogens with one attached hydrogen (secondary N) is 2. The van der Waals surface area contributed by atoms with Crippen LogP contribution in [0.15, 0.2) is 9.52 Å². The van der Waals surface area contributed by atoms with Gasteiger partial charge in [0, 0.05) is 26.1 Å². The van der Waals surface area contributed by atoms with E-state index in [1.165, 1.54) is 25.7 Å². The Morgan fingerprint density at radius 2 is 2.00 bits per heavy atom. The number of aryl methyl sites for hydroxylation is 1. The Kier molecular flexibility index (Phi) is 8.66. The van der Waals surface area contributed by atoms with Crippen molar-refractivity contribution in [3.8, 4) is 0 Å². The van der Waals surface area contributed by atoms with Crippen molar-refractivity contribution in [3.05, 3.63) is 11.7 Å². The Hall–Kier alpha value is -1.59. The van der Waals surface area contributed by atoms with Crippen molar-refractivity contribution in [2.24, 2.45) is 10.4 Å². The van der Waals surface area contributed by atoms with Gasteiger partial charge in [0.25, 0.3) is 0 Å². The lowest BCUT2D eigenvalue weighted by atomic mass is 9.87. The van der Waals surface area contributed by atoms with E-state index in [1.807, 2.05) is 6.92 Å². The summed E-state index contributed by atoms with van der Waals surface area (Å²) in [6.07, 6.45) is 5.75. The van der Waals surface area contributed by atoms with Crippen molar-refractivity contribution in [1.29, 1.82) is 0 Å². The normalized spacial score (nSPS) is 12.5. The molecule has 0 atom stereocenters. The van der Waals surface area contributed by atoms with E-state index in [1.54, 1.807) is 0 Å². The van der Waals surface area contributed by atoms with Crippen LogP contribution in [0.5, 0.6) is 0 Å². The SMILES string of the molecule is CCCCCC(C)(C)CN=C(NCC)NCCc1nc(C)no1. The molecule has 0 saturated heterocycles. The molecule has 6 heteroatoms. The fourth-order valence-corrected chi connectivity index (χ4v) is 2.30. The first-order valence-electron chi connectivity index (χ1n) is 8.78. The van der Waals surface area contributed by atoms with Gasteiger partial charge in [0.2, 0.25) is 5.89 Å². The summed E-state index contributed by atoms with van der Waals surface area (Å²) >= 11 is 0. The molecular formula is C17H33N5O. The van der Waals surface area contributed by atoms with Gasteiger partial charge in [-0.05, 0) is 25.7 Å². The van der Waals surface area contributed by atoms with Crippen molar-refractivity contribution in [2.45, 2.75) is 66.7 Å². The average molecular weight is 323 g/mol.